The molecular weight excluding hydrogens is 593 g/mol. The van der Waals surface area contributed by atoms with E-state index in [-0.39, 0.29) is 20.1 Å². The van der Waals surface area contributed by atoms with Gasteiger partial charge in [-0.15, -0.1) is 29.8 Å². The maximum Gasteiger partial charge on any atom is 0.0748 e. The molecule has 0 N–H and O–H groups in total. The van der Waals surface area contributed by atoms with Crippen molar-refractivity contribution >= 4 is 0 Å². The molecule has 0 aliphatic rings. The number of aryl methyl sites for hydroxylation is 1. The molecule has 2 nitrogen and oxygen atoms in total. The summed E-state index contributed by atoms with van der Waals surface area (Å²) in [5.74, 6) is 0.753. The van der Waals surface area contributed by atoms with E-state index in [1.54, 1.807) is 0 Å². The van der Waals surface area contributed by atoms with Gasteiger partial charge in [-0.25, -0.2) is 0 Å². The smallest absolute Gasteiger partial charge is 0.0748 e. The molecule has 3 heteroatoms. The van der Waals surface area contributed by atoms with E-state index in [1.165, 1.54) is 100 Å². The second-order valence-electron chi connectivity index (χ2n) is 9.26. The molecule has 3 rings (SSSR count). The molecule has 3 aromatic rings. The largest absolute Gasteiger partial charge is 0.285 e. The van der Waals surface area contributed by atoms with Gasteiger partial charge in [-0.3, -0.25) is 9.97 Å². The summed E-state index contributed by atoms with van der Waals surface area (Å²) in [6, 6.07) is 19.9. The van der Waals surface area contributed by atoms with Crippen LogP contribution < -0.4 is 0 Å². The van der Waals surface area contributed by atoms with Gasteiger partial charge in [0.1, 0.15) is 0 Å². The van der Waals surface area contributed by atoms with Crippen LogP contribution in [0.2, 0.25) is 0 Å². The summed E-state index contributed by atoms with van der Waals surface area (Å²) >= 11 is 0. The van der Waals surface area contributed by atoms with E-state index >= 15 is 0 Å². The number of unbranched alkanes of at least 4 members (excludes halogenated alkanes) is 12. The number of hydrogen-bond donors (Lipinski definition) is 0. The molecular formula is C31H41IrN2-. The van der Waals surface area contributed by atoms with E-state index in [0.29, 0.717) is 0 Å². The van der Waals surface area contributed by atoms with Crippen molar-refractivity contribution < 1.29 is 20.1 Å². The average molecular weight is 634 g/mol. The standard InChI is InChI=1S/C31H41N2.Ir/c1-2-3-4-5-6-7-8-9-10-11-12-13-15-18-27-25-32-31(33-26-27)30-23-21-29(22-24-30)28-19-16-14-17-20-28;/h14,16-17,19-23,25-26H,2-13,15,18H2,1H3;/q-1;. The van der Waals surface area contributed by atoms with Gasteiger partial charge < -0.3 is 0 Å². The maximum absolute atomic E-state index is 4.59. The molecule has 1 heterocycles. The summed E-state index contributed by atoms with van der Waals surface area (Å²) in [7, 11) is 0. The third kappa shape index (κ3) is 10.6. The Bertz CT molecular complexity index is 876. The average Bonchev–Trinajstić information content (AvgIpc) is 2.88. The van der Waals surface area contributed by atoms with Crippen molar-refractivity contribution in [1.29, 1.82) is 0 Å². The van der Waals surface area contributed by atoms with Gasteiger partial charge in [-0.1, -0.05) is 125 Å². The summed E-state index contributed by atoms with van der Waals surface area (Å²) in [4.78, 5) is 9.18. The number of hydrogen-bond acceptors (Lipinski definition) is 2. The summed E-state index contributed by atoms with van der Waals surface area (Å²) in [5.41, 5.74) is 4.55. The molecule has 0 aliphatic heterocycles. The van der Waals surface area contributed by atoms with Crippen molar-refractivity contribution in [2.24, 2.45) is 0 Å². The maximum atomic E-state index is 4.59. The molecule has 0 amide bonds. The fourth-order valence-electron chi connectivity index (χ4n) is 4.34. The molecule has 0 saturated carbocycles. The molecule has 0 bridgehead atoms. The Kier molecular flexibility index (Phi) is 14.7. The molecule has 34 heavy (non-hydrogen) atoms. The Morgan fingerprint density at radius 3 is 1.71 bits per heavy atom. The SMILES string of the molecule is CCCCCCCCCCCCCCCc1cnc(-c2[c-]cc(-c3ccccc3)cc2)nc1.[Ir]. The summed E-state index contributed by atoms with van der Waals surface area (Å²) < 4.78 is 0. The molecule has 185 valence electrons. The number of rotatable bonds is 16. The Morgan fingerprint density at radius 2 is 1.18 bits per heavy atom. The van der Waals surface area contributed by atoms with Gasteiger partial charge in [0.2, 0.25) is 0 Å². The van der Waals surface area contributed by atoms with E-state index < -0.39 is 0 Å². The van der Waals surface area contributed by atoms with Crippen LogP contribution in [0, 0.1) is 6.07 Å². The van der Waals surface area contributed by atoms with Crippen LogP contribution in [0.15, 0.2) is 60.9 Å². The molecule has 1 radical (unpaired) electrons. The molecule has 0 saturated heterocycles. The van der Waals surface area contributed by atoms with E-state index in [1.807, 2.05) is 24.5 Å². The van der Waals surface area contributed by atoms with Gasteiger partial charge in [0, 0.05) is 32.5 Å². The fraction of sp³-hybridized carbons (Fsp3) is 0.484. The minimum atomic E-state index is 0. The van der Waals surface area contributed by atoms with Crippen LogP contribution in [0.1, 0.15) is 96.0 Å². The van der Waals surface area contributed by atoms with Crippen molar-refractivity contribution in [3.8, 4) is 22.5 Å². The first kappa shape index (κ1) is 28.4. The third-order valence-electron chi connectivity index (χ3n) is 6.44. The molecule has 0 unspecified atom stereocenters. The Labute approximate surface area is 221 Å². The third-order valence-corrected chi connectivity index (χ3v) is 6.44. The monoisotopic (exact) mass is 634 g/mol. The van der Waals surface area contributed by atoms with Gasteiger partial charge in [0.15, 0.2) is 0 Å². The van der Waals surface area contributed by atoms with Crippen molar-refractivity contribution in [2.75, 3.05) is 0 Å². The fourth-order valence-corrected chi connectivity index (χ4v) is 4.34. The Hall–Kier alpha value is -1.83. The predicted octanol–water partition coefficient (Wildman–Crippen LogP) is 9.24. The predicted molar refractivity (Wildman–Crippen MR) is 141 cm³/mol. The molecule has 0 aliphatic carbocycles. The zero-order chi connectivity index (χ0) is 23.0. The summed E-state index contributed by atoms with van der Waals surface area (Å²) in [6.07, 6.45) is 23.1. The van der Waals surface area contributed by atoms with Crippen molar-refractivity contribution in [3.05, 3.63) is 72.6 Å². The first-order valence-electron chi connectivity index (χ1n) is 13.3. The van der Waals surface area contributed by atoms with Gasteiger partial charge in [-0.05, 0) is 18.4 Å². The Balaban J connectivity index is 0.00000408. The van der Waals surface area contributed by atoms with Crippen LogP contribution in [-0.2, 0) is 26.5 Å². The van der Waals surface area contributed by atoms with Crippen LogP contribution in [0.3, 0.4) is 0 Å². The quantitative estimate of drug-likeness (QED) is 0.116. The van der Waals surface area contributed by atoms with Crippen LogP contribution in [0.4, 0.5) is 0 Å². The molecule has 0 spiro atoms. The summed E-state index contributed by atoms with van der Waals surface area (Å²) in [5, 5.41) is 0. The second kappa shape index (κ2) is 17.6. The minimum absolute atomic E-state index is 0. The topological polar surface area (TPSA) is 25.8 Å². The van der Waals surface area contributed by atoms with Crippen LogP contribution >= 0.6 is 0 Å². The normalized spacial score (nSPS) is 10.7. The minimum Gasteiger partial charge on any atom is -0.285 e. The van der Waals surface area contributed by atoms with Crippen molar-refractivity contribution in [2.45, 2.75) is 96.8 Å². The van der Waals surface area contributed by atoms with Crippen LogP contribution in [0.25, 0.3) is 22.5 Å². The van der Waals surface area contributed by atoms with Crippen LogP contribution in [-0.4, -0.2) is 9.97 Å². The first-order chi connectivity index (χ1) is 16.4. The second-order valence-corrected chi connectivity index (χ2v) is 9.26. The zero-order valence-electron chi connectivity index (χ0n) is 20.9. The summed E-state index contributed by atoms with van der Waals surface area (Å²) in [6.45, 7) is 2.29. The molecule has 1 aromatic heterocycles. The molecule has 0 atom stereocenters. The zero-order valence-corrected chi connectivity index (χ0v) is 23.3. The van der Waals surface area contributed by atoms with Gasteiger partial charge >= 0.3 is 0 Å². The number of benzene rings is 2. The number of aromatic nitrogens is 2. The molecule has 0 fully saturated rings. The van der Waals surface area contributed by atoms with Gasteiger partial charge in [-0.2, -0.15) is 0 Å². The van der Waals surface area contributed by atoms with E-state index in [9.17, 15) is 0 Å². The molecule has 2 aromatic carbocycles. The van der Waals surface area contributed by atoms with E-state index in [2.05, 4.69) is 59.4 Å². The van der Waals surface area contributed by atoms with Gasteiger partial charge in [0.25, 0.3) is 0 Å². The van der Waals surface area contributed by atoms with Crippen molar-refractivity contribution in [1.82, 2.24) is 9.97 Å². The number of nitrogens with zero attached hydrogens (tertiary/aromatic N) is 2. The van der Waals surface area contributed by atoms with Gasteiger partial charge in [0.05, 0.1) is 5.82 Å². The first-order valence-corrected chi connectivity index (χ1v) is 13.3. The van der Waals surface area contributed by atoms with Crippen LogP contribution in [0.5, 0.6) is 0 Å². The van der Waals surface area contributed by atoms with E-state index in [0.717, 1.165) is 17.8 Å². The van der Waals surface area contributed by atoms with Crippen molar-refractivity contribution in [3.63, 3.8) is 0 Å². The van der Waals surface area contributed by atoms with E-state index in [4.69, 9.17) is 0 Å². The Morgan fingerprint density at radius 1 is 0.618 bits per heavy atom.